The van der Waals surface area contributed by atoms with Crippen molar-refractivity contribution in [1.29, 1.82) is 0 Å². The normalized spacial score (nSPS) is 10.4. The van der Waals surface area contributed by atoms with Gasteiger partial charge in [-0.1, -0.05) is 6.92 Å². The van der Waals surface area contributed by atoms with Gasteiger partial charge in [0.15, 0.2) is 10.9 Å². The van der Waals surface area contributed by atoms with Crippen molar-refractivity contribution in [3.63, 3.8) is 0 Å². The molecule has 0 heterocycles. The third-order valence-electron chi connectivity index (χ3n) is 2.64. The Labute approximate surface area is 140 Å². The second-order valence-corrected chi connectivity index (χ2v) is 4.81. The van der Waals surface area contributed by atoms with Crippen molar-refractivity contribution < 1.29 is 14.4 Å². The van der Waals surface area contributed by atoms with Crippen molar-refractivity contribution in [2.24, 2.45) is 5.10 Å². The minimum Gasteiger partial charge on any atom is -0.493 e. The van der Waals surface area contributed by atoms with E-state index in [-0.39, 0.29) is 17.2 Å². The molecule has 1 aromatic rings. The fourth-order valence-corrected chi connectivity index (χ4v) is 1.88. The van der Waals surface area contributed by atoms with E-state index >= 15 is 0 Å². The van der Waals surface area contributed by atoms with Gasteiger partial charge in [-0.2, -0.15) is 5.10 Å². The molecule has 0 unspecified atom stereocenters. The van der Waals surface area contributed by atoms with Crippen LogP contribution in [0.4, 0.5) is 5.69 Å². The van der Waals surface area contributed by atoms with Gasteiger partial charge in [0.05, 0.1) is 24.9 Å². The highest BCUT2D eigenvalue weighted by atomic mass is 32.1. The highest BCUT2D eigenvalue weighted by molar-refractivity contribution is 7.80. The molecule has 0 saturated heterocycles. The molecule has 0 fully saturated rings. The van der Waals surface area contributed by atoms with Crippen molar-refractivity contribution >= 4 is 29.2 Å². The third-order valence-corrected chi connectivity index (χ3v) is 2.88. The number of hydrogen-bond acceptors (Lipinski definition) is 6. The van der Waals surface area contributed by atoms with Gasteiger partial charge in [0, 0.05) is 18.2 Å². The average molecular weight is 340 g/mol. The van der Waals surface area contributed by atoms with Crippen molar-refractivity contribution in [3.8, 4) is 11.5 Å². The largest absolute Gasteiger partial charge is 0.493 e. The average Bonchev–Trinajstić information content (AvgIpc) is 2.52. The van der Waals surface area contributed by atoms with Crippen molar-refractivity contribution in [3.05, 3.63) is 27.8 Å². The summed E-state index contributed by atoms with van der Waals surface area (Å²) in [5.41, 5.74) is 2.93. The van der Waals surface area contributed by atoms with Gasteiger partial charge in [0.25, 0.3) is 0 Å². The van der Waals surface area contributed by atoms with Crippen molar-refractivity contribution in [1.82, 2.24) is 10.7 Å². The minimum atomic E-state index is -0.512. The smallest absolute Gasteiger partial charge is 0.315 e. The number of thiocarbonyl (C=S) groups is 1. The zero-order chi connectivity index (χ0) is 17.2. The maximum absolute atomic E-state index is 11.3. The van der Waals surface area contributed by atoms with Gasteiger partial charge in [-0.25, -0.2) is 0 Å². The Hall–Kier alpha value is -2.42. The lowest BCUT2D eigenvalue weighted by Gasteiger charge is -2.11. The van der Waals surface area contributed by atoms with Crippen LogP contribution in [0.2, 0.25) is 0 Å². The van der Waals surface area contributed by atoms with Gasteiger partial charge in [-0.3, -0.25) is 15.5 Å². The van der Waals surface area contributed by atoms with E-state index in [1.165, 1.54) is 19.4 Å². The van der Waals surface area contributed by atoms with Crippen LogP contribution in [0.5, 0.6) is 11.5 Å². The summed E-state index contributed by atoms with van der Waals surface area (Å²) in [6, 6.07) is 2.98. The molecule has 0 radical (unpaired) electrons. The molecule has 126 valence electrons. The molecule has 0 aliphatic rings. The van der Waals surface area contributed by atoms with Gasteiger partial charge < -0.3 is 14.8 Å². The van der Waals surface area contributed by atoms with Gasteiger partial charge in [-0.15, -0.1) is 0 Å². The van der Waals surface area contributed by atoms with E-state index in [0.29, 0.717) is 23.8 Å². The molecule has 0 atom stereocenters. The summed E-state index contributed by atoms with van der Waals surface area (Å²) < 4.78 is 10.6. The first-order valence-corrected chi connectivity index (χ1v) is 7.50. The van der Waals surface area contributed by atoms with Crippen molar-refractivity contribution in [2.75, 3.05) is 20.3 Å². The zero-order valence-electron chi connectivity index (χ0n) is 13.3. The lowest BCUT2D eigenvalue weighted by Crippen LogP contribution is -2.31. The predicted octanol–water partition coefficient (Wildman–Crippen LogP) is 2.21. The van der Waals surface area contributed by atoms with E-state index in [0.717, 1.165) is 6.42 Å². The summed E-state index contributed by atoms with van der Waals surface area (Å²) in [5, 5.41) is 18.4. The number of rotatable bonds is 8. The number of nitrogens with one attached hydrogen (secondary N) is 2. The summed E-state index contributed by atoms with van der Waals surface area (Å²) in [5.74, 6) is 0.399. The van der Waals surface area contributed by atoms with Crippen LogP contribution in [0.15, 0.2) is 17.2 Å². The van der Waals surface area contributed by atoms with Gasteiger partial charge >= 0.3 is 5.69 Å². The number of nitro groups is 1. The Morgan fingerprint density at radius 2 is 2.22 bits per heavy atom. The van der Waals surface area contributed by atoms with E-state index in [2.05, 4.69) is 15.8 Å². The van der Waals surface area contributed by atoms with E-state index in [1.54, 1.807) is 6.07 Å². The van der Waals surface area contributed by atoms with Crippen LogP contribution in [0, 0.1) is 10.1 Å². The summed E-state index contributed by atoms with van der Waals surface area (Å²) in [7, 11) is 1.43. The summed E-state index contributed by atoms with van der Waals surface area (Å²) >= 11 is 4.96. The first kappa shape index (κ1) is 18.6. The topological polar surface area (TPSA) is 98.0 Å². The van der Waals surface area contributed by atoms with Crippen LogP contribution in [-0.4, -0.2) is 36.5 Å². The maximum Gasteiger partial charge on any atom is 0.315 e. The lowest BCUT2D eigenvalue weighted by atomic mass is 10.2. The number of benzene rings is 1. The Balaban J connectivity index is 3.06. The summed E-state index contributed by atoms with van der Waals surface area (Å²) in [6.45, 7) is 4.85. The standard InChI is InChI=1S/C14H20N4O4S/c1-4-6-22-13-11(18(19)20)7-10(8-12(13)21-3)9-16-17-14(23)15-5-2/h7-9H,4-6H2,1-3H3,(H2,15,17,23)/b16-9+. The molecule has 23 heavy (non-hydrogen) atoms. The molecular weight excluding hydrogens is 320 g/mol. The summed E-state index contributed by atoms with van der Waals surface area (Å²) in [4.78, 5) is 10.7. The number of ether oxygens (including phenoxy) is 2. The molecule has 0 aliphatic carbocycles. The monoisotopic (exact) mass is 340 g/mol. The van der Waals surface area contributed by atoms with Crippen LogP contribution in [0.25, 0.3) is 0 Å². The number of nitro benzene ring substituents is 1. The first-order valence-electron chi connectivity index (χ1n) is 7.09. The van der Waals surface area contributed by atoms with Crippen LogP contribution < -0.4 is 20.2 Å². The highest BCUT2D eigenvalue weighted by Gasteiger charge is 2.21. The van der Waals surface area contributed by atoms with Gasteiger partial charge in [-0.05, 0) is 31.6 Å². The zero-order valence-corrected chi connectivity index (χ0v) is 14.1. The van der Waals surface area contributed by atoms with Gasteiger partial charge in [0.1, 0.15) is 0 Å². The van der Waals surface area contributed by atoms with E-state index in [4.69, 9.17) is 21.7 Å². The lowest BCUT2D eigenvalue weighted by molar-refractivity contribution is -0.386. The molecule has 2 N–H and O–H groups in total. The molecule has 1 aromatic carbocycles. The second kappa shape index (κ2) is 9.57. The SMILES string of the molecule is CCCOc1c(OC)cc(/C=N/NC(=S)NCC)cc1[N+](=O)[O-]. The Bertz CT molecular complexity index is 592. The Kier molecular flexibility index (Phi) is 7.75. The second-order valence-electron chi connectivity index (χ2n) is 4.41. The van der Waals surface area contributed by atoms with E-state index < -0.39 is 4.92 Å². The molecule has 0 aliphatic heterocycles. The molecule has 1 rings (SSSR count). The molecular formula is C14H20N4O4S. The Morgan fingerprint density at radius 3 is 2.78 bits per heavy atom. The molecule has 0 aromatic heterocycles. The number of hydrazone groups is 1. The molecule has 0 saturated carbocycles. The van der Waals surface area contributed by atoms with Crippen LogP contribution in [-0.2, 0) is 0 Å². The number of hydrogen-bond donors (Lipinski definition) is 2. The fourth-order valence-electron chi connectivity index (χ4n) is 1.68. The molecule has 9 heteroatoms. The van der Waals surface area contributed by atoms with Crippen LogP contribution in [0.3, 0.4) is 0 Å². The quantitative estimate of drug-likeness (QED) is 0.324. The van der Waals surface area contributed by atoms with E-state index in [1.807, 2.05) is 13.8 Å². The molecule has 8 nitrogen and oxygen atoms in total. The molecule has 0 spiro atoms. The predicted molar refractivity (Wildman–Crippen MR) is 92.4 cm³/mol. The molecule has 0 bridgehead atoms. The fraction of sp³-hybridized carbons (Fsp3) is 0.429. The number of nitrogens with zero attached hydrogens (tertiary/aromatic N) is 2. The summed E-state index contributed by atoms with van der Waals surface area (Å²) in [6.07, 6.45) is 2.15. The van der Waals surface area contributed by atoms with Gasteiger partial charge in [0.2, 0.25) is 5.75 Å². The first-order chi connectivity index (χ1) is 11.0. The maximum atomic E-state index is 11.3. The third kappa shape index (κ3) is 5.70. The Morgan fingerprint density at radius 1 is 1.48 bits per heavy atom. The number of methoxy groups -OCH3 is 1. The van der Waals surface area contributed by atoms with Crippen LogP contribution in [0.1, 0.15) is 25.8 Å². The minimum absolute atomic E-state index is 0.118. The highest BCUT2D eigenvalue weighted by Crippen LogP contribution is 2.38. The van der Waals surface area contributed by atoms with E-state index in [9.17, 15) is 10.1 Å². The van der Waals surface area contributed by atoms with Crippen LogP contribution >= 0.6 is 12.2 Å². The van der Waals surface area contributed by atoms with Crippen molar-refractivity contribution in [2.45, 2.75) is 20.3 Å². The molecule has 0 amide bonds.